The molecule has 0 atom stereocenters. The standard InChI is InChI=1S/C14H18N4O/c1-18(2)12-6-9-16-14(19-3)13(12)17-10-11-4-7-15-8-5-11/h4-9,17H,10H2,1-3H3. The molecule has 0 radical (unpaired) electrons. The molecule has 0 amide bonds. The van der Waals surface area contributed by atoms with Gasteiger partial charge in [-0.3, -0.25) is 4.98 Å². The van der Waals surface area contributed by atoms with E-state index in [1.54, 1.807) is 25.7 Å². The molecule has 100 valence electrons. The zero-order valence-electron chi connectivity index (χ0n) is 11.4. The van der Waals surface area contributed by atoms with Crippen LogP contribution in [0.3, 0.4) is 0 Å². The SMILES string of the molecule is COc1nccc(N(C)C)c1NCc1ccncc1. The molecule has 2 heterocycles. The van der Waals surface area contributed by atoms with E-state index in [9.17, 15) is 0 Å². The summed E-state index contributed by atoms with van der Waals surface area (Å²) in [6, 6.07) is 5.91. The van der Waals surface area contributed by atoms with Crippen LogP contribution in [0, 0.1) is 0 Å². The van der Waals surface area contributed by atoms with E-state index in [2.05, 4.69) is 15.3 Å². The van der Waals surface area contributed by atoms with Crippen LogP contribution in [0.25, 0.3) is 0 Å². The third kappa shape index (κ3) is 3.13. The van der Waals surface area contributed by atoms with Crippen molar-refractivity contribution in [1.29, 1.82) is 0 Å². The Bertz CT molecular complexity index is 528. The third-order valence-corrected chi connectivity index (χ3v) is 2.79. The summed E-state index contributed by atoms with van der Waals surface area (Å²) < 4.78 is 5.31. The first-order chi connectivity index (χ1) is 9.22. The minimum absolute atomic E-state index is 0.597. The van der Waals surface area contributed by atoms with E-state index in [-0.39, 0.29) is 0 Å². The minimum atomic E-state index is 0.597. The van der Waals surface area contributed by atoms with Gasteiger partial charge in [-0.1, -0.05) is 0 Å². The van der Waals surface area contributed by atoms with E-state index in [1.807, 2.05) is 37.2 Å². The molecular formula is C14H18N4O. The lowest BCUT2D eigenvalue weighted by molar-refractivity contribution is 0.400. The molecule has 2 rings (SSSR count). The van der Waals surface area contributed by atoms with Crippen LogP contribution in [-0.4, -0.2) is 31.2 Å². The fourth-order valence-corrected chi connectivity index (χ4v) is 1.82. The van der Waals surface area contributed by atoms with Crippen molar-refractivity contribution in [2.24, 2.45) is 0 Å². The lowest BCUT2D eigenvalue weighted by Crippen LogP contribution is -2.13. The number of aromatic nitrogens is 2. The number of hydrogen-bond donors (Lipinski definition) is 1. The van der Waals surface area contributed by atoms with E-state index in [0.29, 0.717) is 12.4 Å². The molecule has 0 saturated heterocycles. The van der Waals surface area contributed by atoms with Crippen molar-refractivity contribution in [3.8, 4) is 5.88 Å². The van der Waals surface area contributed by atoms with Crippen molar-refractivity contribution in [3.05, 3.63) is 42.4 Å². The summed E-state index contributed by atoms with van der Waals surface area (Å²) in [5.74, 6) is 0.597. The van der Waals surface area contributed by atoms with Gasteiger partial charge in [0.1, 0.15) is 5.69 Å². The molecule has 5 nitrogen and oxygen atoms in total. The first-order valence-electron chi connectivity index (χ1n) is 6.05. The molecular weight excluding hydrogens is 240 g/mol. The highest BCUT2D eigenvalue weighted by Crippen LogP contribution is 2.32. The van der Waals surface area contributed by atoms with Crippen LogP contribution in [-0.2, 0) is 6.54 Å². The summed E-state index contributed by atoms with van der Waals surface area (Å²) in [4.78, 5) is 10.3. The molecule has 0 aliphatic heterocycles. The molecule has 0 saturated carbocycles. The van der Waals surface area contributed by atoms with Crippen molar-refractivity contribution < 1.29 is 4.74 Å². The third-order valence-electron chi connectivity index (χ3n) is 2.79. The highest BCUT2D eigenvalue weighted by molar-refractivity contribution is 5.74. The Labute approximate surface area is 113 Å². The number of methoxy groups -OCH3 is 1. The Morgan fingerprint density at radius 3 is 2.53 bits per heavy atom. The van der Waals surface area contributed by atoms with E-state index >= 15 is 0 Å². The summed E-state index contributed by atoms with van der Waals surface area (Å²) in [6.07, 6.45) is 5.31. The Hall–Kier alpha value is -2.30. The molecule has 1 N–H and O–H groups in total. The molecule has 0 aliphatic rings. The fourth-order valence-electron chi connectivity index (χ4n) is 1.82. The Morgan fingerprint density at radius 1 is 1.16 bits per heavy atom. The molecule has 2 aromatic rings. The van der Waals surface area contributed by atoms with Gasteiger partial charge < -0.3 is 15.0 Å². The van der Waals surface area contributed by atoms with Gasteiger partial charge in [0, 0.05) is 39.2 Å². The maximum atomic E-state index is 5.31. The fraction of sp³-hybridized carbons (Fsp3) is 0.286. The van der Waals surface area contributed by atoms with E-state index in [1.165, 1.54) is 0 Å². The Kier molecular flexibility index (Phi) is 4.18. The summed E-state index contributed by atoms with van der Waals surface area (Å²) in [7, 11) is 5.61. The molecule has 0 spiro atoms. The van der Waals surface area contributed by atoms with Crippen LogP contribution >= 0.6 is 0 Å². The smallest absolute Gasteiger partial charge is 0.239 e. The van der Waals surface area contributed by atoms with Gasteiger partial charge in [-0.2, -0.15) is 0 Å². The highest BCUT2D eigenvalue weighted by Gasteiger charge is 2.11. The molecule has 5 heteroatoms. The summed E-state index contributed by atoms with van der Waals surface area (Å²) >= 11 is 0. The van der Waals surface area contributed by atoms with Gasteiger partial charge in [0.2, 0.25) is 5.88 Å². The zero-order valence-corrected chi connectivity index (χ0v) is 11.4. The predicted molar refractivity (Wildman–Crippen MR) is 76.7 cm³/mol. The predicted octanol–water partition coefficient (Wildman–Crippen LogP) is 2.16. The molecule has 0 bridgehead atoms. The van der Waals surface area contributed by atoms with E-state index < -0.39 is 0 Å². The van der Waals surface area contributed by atoms with Crippen LogP contribution in [0.15, 0.2) is 36.8 Å². The van der Waals surface area contributed by atoms with E-state index in [0.717, 1.165) is 16.9 Å². The maximum Gasteiger partial charge on any atom is 0.239 e. The second kappa shape index (κ2) is 6.04. The largest absolute Gasteiger partial charge is 0.479 e. The summed E-state index contributed by atoms with van der Waals surface area (Å²) in [5, 5.41) is 3.37. The quantitative estimate of drug-likeness (QED) is 0.890. The van der Waals surface area contributed by atoms with Gasteiger partial charge in [-0.05, 0) is 23.8 Å². The first kappa shape index (κ1) is 13.1. The van der Waals surface area contributed by atoms with Gasteiger partial charge in [0.15, 0.2) is 0 Å². The average molecular weight is 258 g/mol. The van der Waals surface area contributed by atoms with Crippen molar-refractivity contribution in [2.75, 3.05) is 31.4 Å². The van der Waals surface area contributed by atoms with Crippen molar-refractivity contribution >= 4 is 11.4 Å². The van der Waals surface area contributed by atoms with Crippen molar-refractivity contribution in [1.82, 2.24) is 9.97 Å². The Morgan fingerprint density at radius 2 is 1.89 bits per heavy atom. The number of anilines is 2. The molecule has 19 heavy (non-hydrogen) atoms. The molecule has 0 fully saturated rings. The van der Waals surface area contributed by atoms with Crippen LogP contribution < -0.4 is 15.0 Å². The number of nitrogens with zero attached hydrogens (tertiary/aromatic N) is 3. The Balaban J connectivity index is 2.23. The van der Waals surface area contributed by atoms with Crippen LogP contribution in [0.2, 0.25) is 0 Å². The normalized spacial score (nSPS) is 10.1. The summed E-state index contributed by atoms with van der Waals surface area (Å²) in [5.41, 5.74) is 3.10. The van der Waals surface area contributed by atoms with Crippen LogP contribution in [0.5, 0.6) is 5.88 Å². The molecule has 0 aromatic carbocycles. The van der Waals surface area contributed by atoms with Crippen LogP contribution in [0.1, 0.15) is 5.56 Å². The number of nitrogens with one attached hydrogen (secondary N) is 1. The van der Waals surface area contributed by atoms with Crippen LogP contribution in [0.4, 0.5) is 11.4 Å². The second-order valence-electron chi connectivity index (χ2n) is 4.32. The number of pyridine rings is 2. The van der Waals surface area contributed by atoms with Gasteiger partial charge in [-0.25, -0.2) is 4.98 Å². The minimum Gasteiger partial charge on any atom is -0.479 e. The lowest BCUT2D eigenvalue weighted by Gasteiger charge is -2.20. The van der Waals surface area contributed by atoms with Gasteiger partial charge in [0.05, 0.1) is 12.8 Å². The molecule has 0 aliphatic carbocycles. The molecule has 0 unspecified atom stereocenters. The summed E-state index contributed by atoms with van der Waals surface area (Å²) in [6.45, 7) is 0.700. The van der Waals surface area contributed by atoms with E-state index in [4.69, 9.17) is 4.74 Å². The number of ether oxygens (including phenoxy) is 1. The average Bonchev–Trinajstić information content (AvgIpc) is 2.45. The van der Waals surface area contributed by atoms with Gasteiger partial charge in [-0.15, -0.1) is 0 Å². The maximum absolute atomic E-state index is 5.31. The second-order valence-corrected chi connectivity index (χ2v) is 4.32. The molecule has 2 aromatic heterocycles. The number of rotatable bonds is 5. The van der Waals surface area contributed by atoms with Gasteiger partial charge >= 0.3 is 0 Å². The highest BCUT2D eigenvalue weighted by atomic mass is 16.5. The lowest BCUT2D eigenvalue weighted by atomic mass is 10.2. The topological polar surface area (TPSA) is 50.3 Å². The first-order valence-corrected chi connectivity index (χ1v) is 6.05. The zero-order chi connectivity index (χ0) is 13.7. The monoisotopic (exact) mass is 258 g/mol. The van der Waals surface area contributed by atoms with Crippen molar-refractivity contribution in [2.45, 2.75) is 6.54 Å². The van der Waals surface area contributed by atoms with Gasteiger partial charge in [0.25, 0.3) is 0 Å². The van der Waals surface area contributed by atoms with Crippen molar-refractivity contribution in [3.63, 3.8) is 0 Å². The number of hydrogen-bond acceptors (Lipinski definition) is 5.